The molecule has 0 aliphatic carbocycles. The molecule has 2 N–H and O–H groups in total. The first-order valence-corrected chi connectivity index (χ1v) is 9.12. The molecule has 1 aromatic rings. The van der Waals surface area contributed by atoms with Crippen LogP contribution in [0.1, 0.15) is 39.0 Å². The van der Waals surface area contributed by atoms with Crippen molar-refractivity contribution in [2.75, 3.05) is 36.4 Å². The number of carboxylic acids is 1. The molecule has 136 valence electrons. The average Bonchev–Trinajstić information content (AvgIpc) is 2.82. The number of aliphatic carboxylic acids is 1. The second-order valence-electron chi connectivity index (χ2n) is 7.42. The Morgan fingerprint density at radius 3 is 2.48 bits per heavy atom. The van der Waals surface area contributed by atoms with Gasteiger partial charge in [0.05, 0.1) is 5.41 Å². The molecule has 2 saturated heterocycles. The fourth-order valence-corrected chi connectivity index (χ4v) is 3.62. The second-order valence-corrected chi connectivity index (χ2v) is 7.42. The zero-order valence-electron chi connectivity index (χ0n) is 14.8. The van der Waals surface area contributed by atoms with Crippen LogP contribution in [-0.4, -0.2) is 48.2 Å². The van der Waals surface area contributed by atoms with E-state index in [1.807, 2.05) is 18.2 Å². The first-order valence-electron chi connectivity index (χ1n) is 9.12. The van der Waals surface area contributed by atoms with Gasteiger partial charge in [-0.3, -0.25) is 4.79 Å². The van der Waals surface area contributed by atoms with Gasteiger partial charge in [-0.25, -0.2) is 4.79 Å². The molecule has 2 heterocycles. The van der Waals surface area contributed by atoms with Gasteiger partial charge in [0.15, 0.2) is 0 Å². The predicted molar refractivity (Wildman–Crippen MR) is 98.1 cm³/mol. The molecular weight excluding hydrogens is 318 g/mol. The molecule has 1 atom stereocenters. The number of anilines is 2. The summed E-state index contributed by atoms with van der Waals surface area (Å²) < 4.78 is 0. The minimum Gasteiger partial charge on any atom is -0.481 e. The highest BCUT2D eigenvalue weighted by molar-refractivity contribution is 5.91. The number of nitrogens with one attached hydrogen (secondary N) is 1. The SMILES string of the molecule is CC1(C(=O)O)CCN(C(=O)Nc2cccc(N3CCCCCC3)c2)C1. The van der Waals surface area contributed by atoms with Crippen molar-refractivity contribution in [2.45, 2.75) is 39.0 Å². The number of carboxylic acid groups (broad SMARTS) is 1. The molecule has 2 fully saturated rings. The summed E-state index contributed by atoms with van der Waals surface area (Å²) in [5.41, 5.74) is 1.05. The number of likely N-dealkylation sites (tertiary alicyclic amines) is 1. The van der Waals surface area contributed by atoms with Crippen molar-refractivity contribution in [3.8, 4) is 0 Å². The Morgan fingerprint density at radius 1 is 1.12 bits per heavy atom. The molecule has 2 aliphatic rings. The summed E-state index contributed by atoms with van der Waals surface area (Å²) in [5.74, 6) is -0.842. The van der Waals surface area contributed by atoms with Gasteiger partial charge in [0.2, 0.25) is 0 Å². The summed E-state index contributed by atoms with van der Waals surface area (Å²) in [6, 6.07) is 7.71. The average molecular weight is 345 g/mol. The van der Waals surface area contributed by atoms with Gasteiger partial charge in [0.25, 0.3) is 0 Å². The fraction of sp³-hybridized carbons (Fsp3) is 0.579. The molecule has 0 radical (unpaired) electrons. The molecular formula is C19H27N3O3. The van der Waals surface area contributed by atoms with Crippen LogP contribution in [0.5, 0.6) is 0 Å². The number of hydrogen-bond donors (Lipinski definition) is 2. The third kappa shape index (κ3) is 4.06. The molecule has 2 amide bonds. The Bertz CT molecular complexity index is 641. The largest absolute Gasteiger partial charge is 0.481 e. The van der Waals surface area contributed by atoms with Gasteiger partial charge in [0.1, 0.15) is 0 Å². The van der Waals surface area contributed by atoms with Crippen molar-refractivity contribution in [1.82, 2.24) is 4.90 Å². The number of carbonyl (C=O) groups excluding carboxylic acids is 1. The maximum Gasteiger partial charge on any atom is 0.321 e. The van der Waals surface area contributed by atoms with Gasteiger partial charge >= 0.3 is 12.0 Å². The Balaban J connectivity index is 1.64. The summed E-state index contributed by atoms with van der Waals surface area (Å²) in [6.07, 6.45) is 5.47. The van der Waals surface area contributed by atoms with E-state index in [1.54, 1.807) is 11.8 Å². The van der Waals surface area contributed by atoms with Crippen molar-refractivity contribution in [1.29, 1.82) is 0 Å². The molecule has 25 heavy (non-hydrogen) atoms. The normalized spacial score (nSPS) is 24.0. The molecule has 1 aromatic carbocycles. The highest BCUT2D eigenvalue weighted by Gasteiger charge is 2.42. The van der Waals surface area contributed by atoms with Crippen LogP contribution >= 0.6 is 0 Å². The van der Waals surface area contributed by atoms with Crippen molar-refractivity contribution in [3.63, 3.8) is 0 Å². The monoisotopic (exact) mass is 345 g/mol. The molecule has 3 rings (SSSR count). The highest BCUT2D eigenvalue weighted by atomic mass is 16.4. The Kier molecular flexibility index (Phi) is 5.16. The number of rotatable bonds is 3. The van der Waals surface area contributed by atoms with Crippen LogP contribution in [-0.2, 0) is 4.79 Å². The lowest BCUT2D eigenvalue weighted by molar-refractivity contribution is -0.146. The molecule has 1 unspecified atom stereocenters. The zero-order chi connectivity index (χ0) is 17.9. The maximum atomic E-state index is 12.5. The van der Waals surface area contributed by atoms with Gasteiger partial charge in [-0.1, -0.05) is 18.9 Å². The van der Waals surface area contributed by atoms with Gasteiger partial charge in [-0.15, -0.1) is 0 Å². The third-order valence-electron chi connectivity index (χ3n) is 5.35. The number of benzene rings is 1. The Hall–Kier alpha value is -2.24. The standard InChI is InChI=1S/C19H27N3O3/c1-19(17(23)24)9-12-22(14-19)18(25)20-15-7-6-8-16(13-15)21-10-4-2-3-5-11-21/h6-8,13H,2-5,9-12,14H2,1H3,(H,20,25)(H,23,24). The number of carbonyl (C=O) groups is 2. The van der Waals surface area contributed by atoms with Gasteiger partial charge in [0, 0.05) is 37.6 Å². The summed E-state index contributed by atoms with van der Waals surface area (Å²) in [5, 5.41) is 12.2. The topological polar surface area (TPSA) is 72.9 Å². The lowest BCUT2D eigenvalue weighted by Gasteiger charge is -2.24. The van der Waals surface area contributed by atoms with Gasteiger partial charge in [-0.2, -0.15) is 0 Å². The quantitative estimate of drug-likeness (QED) is 0.881. The molecule has 2 aliphatic heterocycles. The van der Waals surface area contributed by atoms with E-state index in [0.717, 1.165) is 24.5 Å². The van der Waals surface area contributed by atoms with Gasteiger partial charge in [-0.05, 0) is 44.4 Å². The van der Waals surface area contributed by atoms with Crippen molar-refractivity contribution in [3.05, 3.63) is 24.3 Å². The minimum absolute atomic E-state index is 0.224. The first-order chi connectivity index (χ1) is 12.0. The molecule has 0 spiro atoms. The molecule has 6 heteroatoms. The van der Waals surface area contributed by atoms with E-state index in [9.17, 15) is 14.7 Å². The van der Waals surface area contributed by atoms with Crippen molar-refractivity contribution in [2.24, 2.45) is 5.41 Å². The van der Waals surface area contributed by atoms with Crippen molar-refractivity contribution < 1.29 is 14.7 Å². The van der Waals surface area contributed by atoms with E-state index in [1.165, 1.54) is 25.7 Å². The van der Waals surface area contributed by atoms with E-state index >= 15 is 0 Å². The summed E-state index contributed by atoms with van der Waals surface area (Å²) in [6.45, 7) is 4.53. The van der Waals surface area contributed by atoms with Crippen LogP contribution in [0.3, 0.4) is 0 Å². The van der Waals surface area contributed by atoms with E-state index < -0.39 is 11.4 Å². The number of urea groups is 1. The van der Waals surface area contributed by atoms with E-state index in [0.29, 0.717) is 13.0 Å². The first kappa shape index (κ1) is 17.6. The second kappa shape index (κ2) is 7.33. The summed E-state index contributed by atoms with van der Waals surface area (Å²) in [4.78, 5) is 27.8. The number of amides is 2. The van der Waals surface area contributed by atoms with Crippen LogP contribution in [0.15, 0.2) is 24.3 Å². The highest BCUT2D eigenvalue weighted by Crippen LogP contribution is 2.30. The van der Waals surface area contributed by atoms with Crippen LogP contribution in [0.2, 0.25) is 0 Å². The molecule has 0 bridgehead atoms. The summed E-state index contributed by atoms with van der Waals surface area (Å²) in [7, 11) is 0. The van der Waals surface area contributed by atoms with Crippen LogP contribution < -0.4 is 10.2 Å². The number of nitrogens with zero attached hydrogens (tertiary/aromatic N) is 2. The van der Waals surface area contributed by atoms with E-state index in [4.69, 9.17) is 0 Å². The number of hydrogen-bond acceptors (Lipinski definition) is 3. The molecule has 6 nitrogen and oxygen atoms in total. The maximum absolute atomic E-state index is 12.5. The van der Waals surface area contributed by atoms with Crippen LogP contribution in [0.25, 0.3) is 0 Å². The van der Waals surface area contributed by atoms with Crippen LogP contribution in [0.4, 0.5) is 16.2 Å². The van der Waals surface area contributed by atoms with E-state index in [-0.39, 0.29) is 12.6 Å². The van der Waals surface area contributed by atoms with Crippen LogP contribution in [0, 0.1) is 5.41 Å². The molecule has 0 aromatic heterocycles. The Labute approximate surface area is 148 Å². The zero-order valence-corrected chi connectivity index (χ0v) is 14.8. The predicted octanol–water partition coefficient (Wildman–Crippen LogP) is 3.40. The third-order valence-corrected chi connectivity index (χ3v) is 5.35. The van der Waals surface area contributed by atoms with E-state index in [2.05, 4.69) is 16.3 Å². The van der Waals surface area contributed by atoms with Crippen molar-refractivity contribution >= 4 is 23.4 Å². The lowest BCUT2D eigenvalue weighted by atomic mass is 9.90. The summed E-state index contributed by atoms with van der Waals surface area (Å²) >= 11 is 0. The lowest BCUT2D eigenvalue weighted by Crippen LogP contribution is -2.37. The smallest absolute Gasteiger partial charge is 0.321 e. The fourth-order valence-electron chi connectivity index (χ4n) is 3.62. The van der Waals surface area contributed by atoms with Gasteiger partial charge < -0.3 is 20.2 Å². The molecule has 0 saturated carbocycles. The minimum atomic E-state index is -0.842. The Morgan fingerprint density at radius 2 is 1.84 bits per heavy atom.